The van der Waals surface area contributed by atoms with Crippen molar-refractivity contribution in [2.45, 2.75) is 32.7 Å². The molecule has 0 aliphatic rings. The van der Waals surface area contributed by atoms with Crippen molar-refractivity contribution in [3.63, 3.8) is 0 Å². The van der Waals surface area contributed by atoms with Gasteiger partial charge in [0, 0.05) is 24.7 Å². The number of hydrogen-bond acceptors (Lipinski definition) is 5. The molecule has 0 saturated carbocycles. The maximum absolute atomic E-state index is 5.74. The number of methoxy groups -OCH3 is 3. The van der Waals surface area contributed by atoms with Gasteiger partial charge in [-0.25, -0.2) is 0 Å². The average molecular weight is 297 g/mol. The van der Waals surface area contributed by atoms with Crippen LogP contribution < -0.4 is 24.3 Å². The molecule has 0 aromatic heterocycles. The lowest BCUT2D eigenvalue weighted by Gasteiger charge is -2.16. The highest BCUT2D eigenvalue weighted by atomic mass is 16.5. The Balaban J connectivity index is 2.59. The lowest BCUT2D eigenvalue weighted by atomic mass is 10.2. The van der Waals surface area contributed by atoms with Crippen molar-refractivity contribution in [2.75, 3.05) is 34.5 Å². The summed E-state index contributed by atoms with van der Waals surface area (Å²) < 4.78 is 21.6. The molecule has 1 N–H and O–H groups in total. The number of benzene rings is 1. The van der Waals surface area contributed by atoms with E-state index in [-0.39, 0.29) is 0 Å². The first-order valence-corrected chi connectivity index (χ1v) is 7.32. The van der Waals surface area contributed by atoms with E-state index in [0.717, 1.165) is 6.54 Å². The molecule has 1 aromatic rings. The topological polar surface area (TPSA) is 49.0 Å². The van der Waals surface area contributed by atoms with Crippen molar-refractivity contribution in [1.29, 1.82) is 0 Å². The Bertz CT molecular complexity index is 398. The van der Waals surface area contributed by atoms with E-state index >= 15 is 0 Å². The number of nitrogens with one attached hydrogen (secondary N) is 1. The van der Waals surface area contributed by atoms with Gasteiger partial charge < -0.3 is 24.3 Å². The first-order valence-electron chi connectivity index (χ1n) is 7.32. The van der Waals surface area contributed by atoms with Gasteiger partial charge in [-0.1, -0.05) is 13.3 Å². The van der Waals surface area contributed by atoms with Crippen LogP contribution in [0.25, 0.3) is 0 Å². The summed E-state index contributed by atoms with van der Waals surface area (Å²) >= 11 is 0. The Morgan fingerprint density at radius 2 is 1.67 bits per heavy atom. The van der Waals surface area contributed by atoms with Crippen LogP contribution in [0.3, 0.4) is 0 Å². The molecule has 21 heavy (non-hydrogen) atoms. The second kappa shape index (κ2) is 9.34. The third-order valence-electron chi connectivity index (χ3n) is 3.22. The fourth-order valence-electron chi connectivity index (χ4n) is 2.15. The summed E-state index contributed by atoms with van der Waals surface area (Å²) in [5, 5.41) is 3.42. The highest BCUT2D eigenvalue weighted by Gasteiger charge is 2.13. The van der Waals surface area contributed by atoms with Crippen LogP contribution >= 0.6 is 0 Å². The molecule has 1 aromatic carbocycles. The lowest BCUT2D eigenvalue weighted by molar-refractivity contribution is 0.292. The van der Waals surface area contributed by atoms with Crippen LogP contribution in [0.2, 0.25) is 0 Å². The van der Waals surface area contributed by atoms with Gasteiger partial charge in [-0.05, 0) is 13.3 Å². The molecule has 120 valence electrons. The number of rotatable bonds is 10. The van der Waals surface area contributed by atoms with Crippen molar-refractivity contribution in [2.24, 2.45) is 0 Å². The predicted molar refractivity (Wildman–Crippen MR) is 84.0 cm³/mol. The first kappa shape index (κ1) is 17.4. The van der Waals surface area contributed by atoms with Crippen molar-refractivity contribution in [3.8, 4) is 23.0 Å². The Hall–Kier alpha value is -1.62. The van der Waals surface area contributed by atoms with Crippen LogP contribution in [0.4, 0.5) is 0 Å². The minimum absolute atomic E-state index is 0.513. The van der Waals surface area contributed by atoms with E-state index in [4.69, 9.17) is 18.9 Å². The molecular formula is C16H27NO4. The van der Waals surface area contributed by atoms with Crippen LogP contribution in [0.15, 0.2) is 12.1 Å². The molecule has 0 spiro atoms. The molecule has 0 bridgehead atoms. The largest absolute Gasteiger partial charge is 0.493 e. The predicted octanol–water partition coefficient (Wildman–Crippen LogP) is 2.87. The van der Waals surface area contributed by atoms with Crippen molar-refractivity contribution >= 4 is 0 Å². The Morgan fingerprint density at radius 1 is 1.05 bits per heavy atom. The summed E-state index contributed by atoms with van der Waals surface area (Å²) in [7, 11) is 4.77. The summed E-state index contributed by atoms with van der Waals surface area (Å²) in [4.78, 5) is 0. The smallest absolute Gasteiger partial charge is 0.203 e. The third-order valence-corrected chi connectivity index (χ3v) is 3.22. The van der Waals surface area contributed by atoms with Gasteiger partial charge in [-0.3, -0.25) is 0 Å². The Morgan fingerprint density at radius 3 is 2.14 bits per heavy atom. The number of ether oxygens (including phenoxy) is 4. The van der Waals surface area contributed by atoms with Gasteiger partial charge in [0.05, 0.1) is 21.3 Å². The molecule has 0 fully saturated rings. The van der Waals surface area contributed by atoms with Gasteiger partial charge in [0.2, 0.25) is 5.75 Å². The summed E-state index contributed by atoms with van der Waals surface area (Å²) in [5.74, 6) is 2.47. The zero-order chi connectivity index (χ0) is 15.7. The minimum atomic E-state index is 0.513. The second-order valence-corrected chi connectivity index (χ2v) is 4.85. The molecular weight excluding hydrogens is 270 g/mol. The van der Waals surface area contributed by atoms with Gasteiger partial charge in [-0.2, -0.15) is 0 Å². The summed E-state index contributed by atoms with van der Waals surface area (Å²) in [6.45, 7) is 5.76. The molecule has 0 saturated heterocycles. The molecule has 1 rings (SSSR count). The van der Waals surface area contributed by atoms with Gasteiger partial charge in [-0.15, -0.1) is 0 Å². The van der Waals surface area contributed by atoms with E-state index in [1.54, 1.807) is 33.5 Å². The molecule has 1 unspecified atom stereocenters. The molecule has 1 atom stereocenters. The van der Waals surface area contributed by atoms with Crippen LogP contribution in [-0.4, -0.2) is 40.5 Å². The van der Waals surface area contributed by atoms with Crippen molar-refractivity contribution in [1.82, 2.24) is 5.32 Å². The quantitative estimate of drug-likeness (QED) is 0.673. The van der Waals surface area contributed by atoms with Crippen LogP contribution in [-0.2, 0) is 0 Å². The Labute approximate surface area is 127 Å². The van der Waals surface area contributed by atoms with Crippen LogP contribution in [0.1, 0.15) is 26.7 Å². The summed E-state index contributed by atoms with van der Waals surface area (Å²) in [6, 6.07) is 4.12. The van der Waals surface area contributed by atoms with E-state index in [1.807, 2.05) is 0 Å². The van der Waals surface area contributed by atoms with E-state index in [9.17, 15) is 0 Å². The highest BCUT2D eigenvalue weighted by Crippen LogP contribution is 2.40. The first-order chi connectivity index (χ1) is 10.2. The van der Waals surface area contributed by atoms with E-state index in [0.29, 0.717) is 35.6 Å². The Kier molecular flexibility index (Phi) is 7.75. The molecule has 0 heterocycles. The zero-order valence-electron chi connectivity index (χ0n) is 13.7. The van der Waals surface area contributed by atoms with Crippen molar-refractivity contribution in [3.05, 3.63) is 12.1 Å². The molecule has 5 nitrogen and oxygen atoms in total. The normalized spacial score (nSPS) is 11.9. The fraction of sp³-hybridized carbons (Fsp3) is 0.625. The minimum Gasteiger partial charge on any atom is -0.493 e. The summed E-state index contributed by atoms with van der Waals surface area (Å²) in [5.41, 5.74) is 0. The van der Waals surface area contributed by atoms with Crippen molar-refractivity contribution < 1.29 is 18.9 Å². The standard InChI is InChI=1S/C16H27NO4/c1-6-7-12(2)17-8-9-21-13-10-14(18-3)16(20-5)15(11-13)19-4/h10-12,17H,6-9H2,1-5H3. The average Bonchev–Trinajstić information content (AvgIpc) is 2.50. The molecule has 0 radical (unpaired) electrons. The molecule has 0 aliphatic heterocycles. The third kappa shape index (κ3) is 5.34. The number of hydrogen-bond donors (Lipinski definition) is 1. The summed E-state index contributed by atoms with van der Waals surface area (Å²) in [6.07, 6.45) is 2.35. The molecule has 0 aliphatic carbocycles. The lowest BCUT2D eigenvalue weighted by Crippen LogP contribution is -2.29. The SMILES string of the molecule is CCCC(C)NCCOc1cc(OC)c(OC)c(OC)c1. The maximum atomic E-state index is 5.74. The van der Waals surface area contributed by atoms with E-state index < -0.39 is 0 Å². The van der Waals surface area contributed by atoms with Crippen LogP contribution in [0, 0.1) is 0 Å². The second-order valence-electron chi connectivity index (χ2n) is 4.85. The highest BCUT2D eigenvalue weighted by molar-refractivity contribution is 5.55. The molecule has 0 amide bonds. The van der Waals surface area contributed by atoms with Gasteiger partial charge in [0.1, 0.15) is 12.4 Å². The van der Waals surface area contributed by atoms with Crippen LogP contribution in [0.5, 0.6) is 23.0 Å². The maximum Gasteiger partial charge on any atom is 0.203 e. The van der Waals surface area contributed by atoms with E-state index in [1.165, 1.54) is 12.8 Å². The van der Waals surface area contributed by atoms with Gasteiger partial charge in [0.25, 0.3) is 0 Å². The van der Waals surface area contributed by atoms with E-state index in [2.05, 4.69) is 19.2 Å². The molecule has 5 heteroatoms. The monoisotopic (exact) mass is 297 g/mol. The van der Waals surface area contributed by atoms with Gasteiger partial charge >= 0.3 is 0 Å². The van der Waals surface area contributed by atoms with Gasteiger partial charge in [0.15, 0.2) is 11.5 Å². The zero-order valence-corrected chi connectivity index (χ0v) is 13.7. The fourth-order valence-corrected chi connectivity index (χ4v) is 2.15.